The number of nitrogens with zero attached hydrogens (tertiary/aromatic N) is 3. The van der Waals surface area contributed by atoms with E-state index in [-0.39, 0.29) is 17.8 Å². The average molecular weight is 442 g/mol. The summed E-state index contributed by atoms with van der Waals surface area (Å²) in [6.45, 7) is 5.94. The molecule has 0 spiro atoms. The summed E-state index contributed by atoms with van der Waals surface area (Å²) in [5, 5.41) is 16.2. The molecule has 0 radical (unpaired) electrons. The molecule has 2 heterocycles. The molecule has 2 aromatic heterocycles. The first kappa shape index (κ1) is 22.9. The number of urea groups is 1. The number of halogens is 2. The van der Waals surface area contributed by atoms with E-state index in [2.05, 4.69) is 32.5 Å². The van der Waals surface area contributed by atoms with Gasteiger partial charge in [0.05, 0.1) is 18.5 Å². The molecule has 3 N–H and O–H groups in total. The van der Waals surface area contributed by atoms with E-state index in [9.17, 15) is 13.6 Å². The fourth-order valence-electron chi connectivity index (χ4n) is 3.18. The molecule has 3 aromatic rings. The maximum absolute atomic E-state index is 14.8. The maximum atomic E-state index is 14.8. The van der Waals surface area contributed by atoms with Gasteiger partial charge in [-0.05, 0) is 36.8 Å². The number of methoxy groups -OCH3 is 1. The minimum Gasteiger partial charge on any atom is -0.383 e. The fraction of sp³-hybridized carbons (Fsp3) is 0.227. The van der Waals surface area contributed by atoms with E-state index in [1.165, 1.54) is 7.11 Å². The monoisotopic (exact) mass is 442 g/mol. The van der Waals surface area contributed by atoms with Gasteiger partial charge in [-0.1, -0.05) is 6.58 Å². The van der Waals surface area contributed by atoms with Gasteiger partial charge in [0.1, 0.15) is 17.3 Å². The Morgan fingerprint density at radius 2 is 2.06 bits per heavy atom. The lowest BCUT2D eigenvalue weighted by Crippen LogP contribution is -2.31. The van der Waals surface area contributed by atoms with E-state index < -0.39 is 17.7 Å². The van der Waals surface area contributed by atoms with Gasteiger partial charge >= 0.3 is 6.03 Å². The predicted octanol–water partition coefficient (Wildman–Crippen LogP) is 4.06. The van der Waals surface area contributed by atoms with Crippen molar-refractivity contribution >= 4 is 29.4 Å². The van der Waals surface area contributed by atoms with E-state index in [1.807, 2.05) is 0 Å². The molecule has 1 aromatic carbocycles. The van der Waals surface area contributed by atoms with Crippen molar-refractivity contribution in [3.63, 3.8) is 0 Å². The lowest BCUT2D eigenvalue weighted by molar-refractivity contribution is 0.198. The Kier molecular flexibility index (Phi) is 7.16. The van der Waals surface area contributed by atoms with E-state index in [0.29, 0.717) is 29.1 Å². The van der Waals surface area contributed by atoms with Crippen LogP contribution in [0.1, 0.15) is 23.7 Å². The number of hydrogen-bond donors (Lipinski definition) is 3. The summed E-state index contributed by atoms with van der Waals surface area (Å²) in [5.41, 5.74) is 2.70. The minimum absolute atomic E-state index is 0.00222. The van der Waals surface area contributed by atoms with Gasteiger partial charge in [0.15, 0.2) is 0 Å². The van der Waals surface area contributed by atoms with Gasteiger partial charge in [-0.15, -0.1) is 0 Å². The summed E-state index contributed by atoms with van der Waals surface area (Å²) in [4.78, 5) is 11.8. The lowest BCUT2D eigenvalue weighted by atomic mass is 10.00. The lowest BCUT2D eigenvalue weighted by Gasteiger charge is -2.11. The fourth-order valence-corrected chi connectivity index (χ4v) is 3.18. The van der Waals surface area contributed by atoms with Crippen molar-refractivity contribution in [1.29, 1.82) is 0 Å². The highest BCUT2D eigenvalue weighted by Gasteiger charge is 2.17. The van der Waals surface area contributed by atoms with Crippen LogP contribution in [0.2, 0.25) is 0 Å². The number of aromatic nitrogens is 4. The van der Waals surface area contributed by atoms with Crippen LogP contribution < -0.4 is 10.6 Å². The molecule has 0 saturated carbocycles. The number of amides is 2. The number of carbonyl (C=O) groups is 1. The Morgan fingerprint density at radius 1 is 1.34 bits per heavy atom. The first-order chi connectivity index (χ1) is 15.3. The average Bonchev–Trinajstić information content (AvgIpc) is 3.33. The Bertz CT molecular complexity index is 1140. The quantitative estimate of drug-likeness (QED) is 0.459. The Balaban J connectivity index is 1.91. The van der Waals surface area contributed by atoms with Crippen molar-refractivity contribution in [3.05, 3.63) is 59.6 Å². The summed E-state index contributed by atoms with van der Waals surface area (Å²) < 4.78 is 36.1. The number of benzene rings is 1. The summed E-state index contributed by atoms with van der Waals surface area (Å²) in [6.07, 6.45) is 6.65. The highest BCUT2D eigenvalue weighted by Crippen LogP contribution is 2.31. The van der Waals surface area contributed by atoms with Crippen molar-refractivity contribution in [2.24, 2.45) is 7.05 Å². The summed E-state index contributed by atoms with van der Waals surface area (Å²) in [5.74, 6) is -1.62. The molecule has 32 heavy (non-hydrogen) atoms. The van der Waals surface area contributed by atoms with E-state index in [1.54, 1.807) is 43.2 Å². The van der Waals surface area contributed by atoms with Gasteiger partial charge in [-0.2, -0.15) is 10.2 Å². The molecule has 0 aliphatic heterocycles. The zero-order valence-electron chi connectivity index (χ0n) is 18.0. The number of aromatic amines is 1. The van der Waals surface area contributed by atoms with Crippen molar-refractivity contribution in [1.82, 2.24) is 25.3 Å². The van der Waals surface area contributed by atoms with E-state index >= 15 is 0 Å². The van der Waals surface area contributed by atoms with Crippen LogP contribution >= 0.6 is 0 Å². The minimum atomic E-state index is -0.808. The number of allylic oxidation sites excluding steroid dienone is 1. The van der Waals surface area contributed by atoms with Crippen LogP contribution in [0.25, 0.3) is 29.0 Å². The molecule has 3 rings (SSSR count). The first-order valence-corrected chi connectivity index (χ1v) is 9.75. The number of nitrogens with one attached hydrogen (secondary N) is 3. The SMILES string of the molecule is C=Cc1[nH]nc(-c2cnn(C)c2)c1/C=C(\C)c1c(F)cc(NC(=O)NCCOC)cc1F. The second-order valence-electron chi connectivity index (χ2n) is 7.02. The molecule has 10 heteroatoms. The third-order valence-electron chi connectivity index (χ3n) is 4.66. The van der Waals surface area contributed by atoms with Crippen molar-refractivity contribution in [2.75, 3.05) is 25.6 Å². The zero-order chi connectivity index (χ0) is 23.3. The van der Waals surface area contributed by atoms with Crippen molar-refractivity contribution in [3.8, 4) is 11.3 Å². The molecule has 0 saturated heterocycles. The molecule has 168 valence electrons. The van der Waals surface area contributed by atoms with Crippen LogP contribution in [0.3, 0.4) is 0 Å². The van der Waals surface area contributed by atoms with Gasteiger partial charge in [0, 0.05) is 49.3 Å². The number of H-pyrrole nitrogens is 1. The third-order valence-corrected chi connectivity index (χ3v) is 4.66. The molecule has 0 unspecified atom stereocenters. The van der Waals surface area contributed by atoms with Crippen LogP contribution in [0.15, 0.2) is 31.1 Å². The highest BCUT2D eigenvalue weighted by atomic mass is 19.1. The number of rotatable bonds is 8. The van der Waals surface area contributed by atoms with Gasteiger partial charge in [-0.25, -0.2) is 13.6 Å². The smallest absolute Gasteiger partial charge is 0.319 e. The van der Waals surface area contributed by atoms with E-state index in [0.717, 1.165) is 17.7 Å². The van der Waals surface area contributed by atoms with Gasteiger partial charge in [0.25, 0.3) is 0 Å². The summed E-state index contributed by atoms with van der Waals surface area (Å²) in [7, 11) is 3.28. The van der Waals surface area contributed by atoms with Crippen LogP contribution in [-0.4, -0.2) is 46.3 Å². The topological polar surface area (TPSA) is 96.9 Å². The zero-order valence-corrected chi connectivity index (χ0v) is 18.0. The van der Waals surface area contributed by atoms with Crippen molar-refractivity contribution < 1.29 is 18.3 Å². The van der Waals surface area contributed by atoms with E-state index in [4.69, 9.17) is 4.74 Å². The molecule has 0 bridgehead atoms. The Labute approximate surface area is 184 Å². The van der Waals surface area contributed by atoms with Crippen LogP contribution in [0.4, 0.5) is 19.3 Å². The van der Waals surface area contributed by atoms with Gasteiger partial charge in [-0.3, -0.25) is 9.78 Å². The molecule has 8 nitrogen and oxygen atoms in total. The van der Waals surface area contributed by atoms with Gasteiger partial charge in [0.2, 0.25) is 0 Å². The second-order valence-corrected chi connectivity index (χ2v) is 7.02. The van der Waals surface area contributed by atoms with Crippen LogP contribution in [0, 0.1) is 11.6 Å². The molecular weight excluding hydrogens is 418 g/mol. The number of anilines is 1. The second kappa shape index (κ2) is 10.0. The molecule has 2 amide bonds. The Hall–Kier alpha value is -3.79. The number of ether oxygens (including phenoxy) is 1. The normalized spacial score (nSPS) is 11.5. The number of hydrogen-bond acceptors (Lipinski definition) is 4. The largest absolute Gasteiger partial charge is 0.383 e. The number of aryl methyl sites for hydroxylation is 1. The summed E-state index contributed by atoms with van der Waals surface area (Å²) >= 11 is 0. The summed E-state index contributed by atoms with van der Waals surface area (Å²) in [6, 6.07) is 1.55. The molecule has 0 atom stereocenters. The third kappa shape index (κ3) is 5.09. The molecule has 0 aliphatic carbocycles. The molecular formula is C22H24F2N6O2. The standard InChI is InChI=1S/C22H24F2N6O2/c1-5-19-16(21(29-28-19)14-11-26-30(3)12-14)8-13(2)20-17(23)9-15(10-18(20)24)27-22(31)25-6-7-32-4/h5,8-12H,1,6-7H2,2-4H3,(H,28,29)(H2,25,27,31)/b13-8+. The van der Waals surface area contributed by atoms with Crippen molar-refractivity contribution in [2.45, 2.75) is 6.92 Å². The number of carbonyl (C=O) groups excluding carboxylic acids is 1. The first-order valence-electron chi connectivity index (χ1n) is 9.75. The maximum Gasteiger partial charge on any atom is 0.319 e. The predicted molar refractivity (Wildman–Crippen MR) is 120 cm³/mol. The van der Waals surface area contributed by atoms with Gasteiger partial charge < -0.3 is 15.4 Å². The van der Waals surface area contributed by atoms with Crippen LogP contribution in [0.5, 0.6) is 0 Å². The highest BCUT2D eigenvalue weighted by molar-refractivity contribution is 5.91. The Morgan fingerprint density at radius 3 is 2.66 bits per heavy atom. The molecule has 0 aliphatic rings. The molecule has 0 fully saturated rings. The van der Waals surface area contributed by atoms with Crippen LogP contribution in [-0.2, 0) is 11.8 Å².